The zero-order valence-corrected chi connectivity index (χ0v) is 16.0. The average Bonchev–Trinajstić information content (AvgIpc) is 3.03. The van der Waals surface area contributed by atoms with Gasteiger partial charge in [-0.1, -0.05) is 42.5 Å². The SMILES string of the molecule is COC(=O)c1ccc(C2SC(CC(=O)NO)C(=O)N2Cc2ccccc2)cc1. The third kappa shape index (κ3) is 4.35. The second-order valence-corrected chi connectivity index (χ2v) is 7.57. The smallest absolute Gasteiger partial charge is 0.337 e. The predicted octanol–water partition coefficient (Wildman–Crippen LogP) is 2.51. The fourth-order valence-corrected chi connectivity index (χ4v) is 4.49. The van der Waals surface area contributed by atoms with Crippen molar-refractivity contribution in [3.8, 4) is 0 Å². The number of rotatable bonds is 6. The molecule has 2 unspecified atom stereocenters. The molecule has 7 nitrogen and oxygen atoms in total. The molecule has 0 aromatic heterocycles. The first-order valence-corrected chi connectivity index (χ1v) is 9.59. The van der Waals surface area contributed by atoms with Gasteiger partial charge in [-0.25, -0.2) is 10.3 Å². The van der Waals surface area contributed by atoms with Crippen LogP contribution in [0.2, 0.25) is 0 Å². The minimum atomic E-state index is -0.604. The first-order valence-electron chi connectivity index (χ1n) is 8.64. The molecule has 0 aliphatic carbocycles. The van der Waals surface area contributed by atoms with Crippen molar-refractivity contribution in [2.45, 2.75) is 23.6 Å². The lowest BCUT2D eigenvalue weighted by Crippen LogP contribution is -2.33. The van der Waals surface area contributed by atoms with E-state index >= 15 is 0 Å². The Morgan fingerprint density at radius 3 is 2.43 bits per heavy atom. The summed E-state index contributed by atoms with van der Waals surface area (Å²) < 4.78 is 4.72. The lowest BCUT2D eigenvalue weighted by atomic mass is 10.1. The predicted molar refractivity (Wildman–Crippen MR) is 103 cm³/mol. The van der Waals surface area contributed by atoms with E-state index in [4.69, 9.17) is 9.94 Å². The summed E-state index contributed by atoms with van der Waals surface area (Å²) in [5, 5.41) is 7.89. The summed E-state index contributed by atoms with van der Waals surface area (Å²) in [5.74, 6) is -1.20. The van der Waals surface area contributed by atoms with Gasteiger partial charge < -0.3 is 9.64 Å². The summed E-state index contributed by atoms with van der Waals surface area (Å²) in [6, 6.07) is 16.4. The highest BCUT2D eigenvalue weighted by molar-refractivity contribution is 8.01. The molecule has 1 heterocycles. The Morgan fingerprint density at radius 2 is 1.82 bits per heavy atom. The maximum atomic E-state index is 12.9. The number of hydroxylamine groups is 1. The van der Waals surface area contributed by atoms with E-state index in [1.165, 1.54) is 18.9 Å². The molecule has 3 rings (SSSR count). The Labute approximate surface area is 166 Å². The number of hydrogen-bond donors (Lipinski definition) is 2. The van der Waals surface area contributed by atoms with Gasteiger partial charge in [-0.05, 0) is 23.3 Å². The van der Waals surface area contributed by atoms with E-state index in [-0.39, 0.29) is 17.7 Å². The van der Waals surface area contributed by atoms with Gasteiger partial charge in [0.25, 0.3) is 0 Å². The highest BCUT2D eigenvalue weighted by Crippen LogP contribution is 2.45. The molecule has 2 aromatic carbocycles. The van der Waals surface area contributed by atoms with Crippen molar-refractivity contribution in [1.82, 2.24) is 10.4 Å². The molecule has 2 atom stereocenters. The number of benzene rings is 2. The quantitative estimate of drug-likeness (QED) is 0.439. The zero-order chi connectivity index (χ0) is 20.1. The van der Waals surface area contributed by atoms with Crippen molar-refractivity contribution in [2.24, 2.45) is 0 Å². The topological polar surface area (TPSA) is 95.9 Å². The van der Waals surface area contributed by atoms with Gasteiger partial charge in [0, 0.05) is 13.0 Å². The Hall–Kier alpha value is -2.84. The van der Waals surface area contributed by atoms with E-state index in [0.717, 1.165) is 11.1 Å². The number of ether oxygens (including phenoxy) is 1. The van der Waals surface area contributed by atoms with Crippen LogP contribution in [0.1, 0.15) is 33.3 Å². The fourth-order valence-electron chi connectivity index (χ4n) is 3.04. The van der Waals surface area contributed by atoms with Crippen molar-refractivity contribution in [2.75, 3.05) is 7.11 Å². The number of thioether (sulfide) groups is 1. The Morgan fingerprint density at radius 1 is 1.14 bits per heavy atom. The highest BCUT2D eigenvalue weighted by Gasteiger charge is 2.41. The number of nitrogens with zero attached hydrogens (tertiary/aromatic N) is 1. The van der Waals surface area contributed by atoms with E-state index in [1.54, 1.807) is 34.6 Å². The van der Waals surface area contributed by atoms with Crippen LogP contribution in [0.25, 0.3) is 0 Å². The lowest BCUT2D eigenvalue weighted by Gasteiger charge is -2.24. The molecule has 0 bridgehead atoms. The maximum Gasteiger partial charge on any atom is 0.337 e. The van der Waals surface area contributed by atoms with E-state index in [9.17, 15) is 14.4 Å². The van der Waals surface area contributed by atoms with Crippen molar-refractivity contribution >= 4 is 29.5 Å². The van der Waals surface area contributed by atoms with E-state index in [0.29, 0.717) is 12.1 Å². The zero-order valence-electron chi connectivity index (χ0n) is 15.2. The molecule has 1 saturated heterocycles. The van der Waals surface area contributed by atoms with Crippen LogP contribution in [-0.2, 0) is 20.9 Å². The third-order valence-electron chi connectivity index (χ3n) is 4.44. The average molecular weight is 400 g/mol. The third-order valence-corrected chi connectivity index (χ3v) is 5.92. The molecule has 28 heavy (non-hydrogen) atoms. The van der Waals surface area contributed by atoms with Crippen LogP contribution in [-0.4, -0.2) is 40.3 Å². The van der Waals surface area contributed by atoms with Crippen LogP contribution in [0.5, 0.6) is 0 Å². The fraction of sp³-hybridized carbons (Fsp3) is 0.250. The van der Waals surface area contributed by atoms with Crippen LogP contribution < -0.4 is 5.48 Å². The summed E-state index contributed by atoms with van der Waals surface area (Å²) in [6.45, 7) is 0.396. The molecule has 1 fully saturated rings. The molecule has 1 aliphatic rings. The van der Waals surface area contributed by atoms with Gasteiger partial charge in [0.2, 0.25) is 11.8 Å². The van der Waals surface area contributed by atoms with Crippen LogP contribution in [0.15, 0.2) is 54.6 Å². The molecule has 2 aromatic rings. The van der Waals surface area contributed by atoms with E-state index in [1.807, 2.05) is 30.3 Å². The van der Waals surface area contributed by atoms with Gasteiger partial charge in [-0.3, -0.25) is 14.8 Å². The lowest BCUT2D eigenvalue weighted by molar-refractivity contribution is -0.135. The molecule has 8 heteroatoms. The standard InChI is InChI=1S/C20H20N2O5S/c1-27-20(25)15-9-7-14(8-10-15)19-22(12-13-5-3-2-4-6-13)18(24)16(28-19)11-17(23)21-26/h2-10,16,19,26H,11-12H2,1H3,(H,21,23). The summed E-state index contributed by atoms with van der Waals surface area (Å²) >= 11 is 1.35. The monoisotopic (exact) mass is 400 g/mol. The van der Waals surface area contributed by atoms with Gasteiger partial charge in [-0.15, -0.1) is 11.8 Å². The molecule has 2 amide bonds. The number of hydrogen-bond acceptors (Lipinski definition) is 6. The number of carbonyl (C=O) groups is 3. The maximum absolute atomic E-state index is 12.9. The number of carbonyl (C=O) groups excluding carboxylic acids is 3. The van der Waals surface area contributed by atoms with Crippen molar-refractivity contribution in [1.29, 1.82) is 0 Å². The molecular weight excluding hydrogens is 380 g/mol. The molecule has 1 aliphatic heterocycles. The van der Waals surface area contributed by atoms with Crippen molar-refractivity contribution < 1.29 is 24.3 Å². The molecule has 2 N–H and O–H groups in total. The Balaban J connectivity index is 1.87. The first kappa shape index (κ1) is 19.9. The summed E-state index contributed by atoms with van der Waals surface area (Å²) in [4.78, 5) is 37.9. The van der Waals surface area contributed by atoms with Crippen molar-refractivity contribution in [3.63, 3.8) is 0 Å². The largest absolute Gasteiger partial charge is 0.465 e. The van der Waals surface area contributed by atoms with E-state index in [2.05, 4.69) is 0 Å². The number of esters is 1. The summed E-state index contributed by atoms with van der Waals surface area (Å²) in [5.41, 5.74) is 3.82. The van der Waals surface area contributed by atoms with Crippen LogP contribution >= 0.6 is 11.8 Å². The Bertz CT molecular complexity index is 857. The molecule has 0 spiro atoms. The molecule has 146 valence electrons. The van der Waals surface area contributed by atoms with Crippen LogP contribution in [0.4, 0.5) is 0 Å². The van der Waals surface area contributed by atoms with Gasteiger partial charge in [0.15, 0.2) is 0 Å². The van der Waals surface area contributed by atoms with E-state index < -0.39 is 17.1 Å². The number of nitrogens with one attached hydrogen (secondary N) is 1. The Kier molecular flexibility index (Phi) is 6.33. The summed E-state index contributed by atoms with van der Waals surface area (Å²) in [7, 11) is 1.32. The second kappa shape index (κ2) is 8.90. The van der Waals surface area contributed by atoms with Gasteiger partial charge in [0.05, 0.1) is 17.9 Å². The summed E-state index contributed by atoms with van der Waals surface area (Å²) in [6.07, 6.45) is -0.109. The van der Waals surface area contributed by atoms with Gasteiger partial charge >= 0.3 is 5.97 Å². The second-order valence-electron chi connectivity index (χ2n) is 6.28. The number of methoxy groups -OCH3 is 1. The molecular formula is C20H20N2O5S. The number of amides is 2. The normalized spacial score (nSPS) is 18.8. The van der Waals surface area contributed by atoms with Crippen molar-refractivity contribution in [3.05, 3.63) is 71.3 Å². The van der Waals surface area contributed by atoms with Gasteiger partial charge in [-0.2, -0.15) is 0 Å². The highest BCUT2D eigenvalue weighted by atomic mass is 32.2. The first-order chi connectivity index (χ1) is 13.5. The minimum Gasteiger partial charge on any atom is -0.465 e. The van der Waals surface area contributed by atoms with Crippen LogP contribution in [0.3, 0.4) is 0 Å². The minimum absolute atomic E-state index is 0.109. The van der Waals surface area contributed by atoms with Crippen LogP contribution in [0, 0.1) is 0 Å². The molecule has 0 radical (unpaired) electrons. The van der Waals surface area contributed by atoms with Gasteiger partial charge in [0.1, 0.15) is 5.37 Å². The molecule has 0 saturated carbocycles.